The molecule has 1 aromatic heterocycles. The van der Waals surface area contributed by atoms with Crippen LogP contribution in [0, 0.1) is 0 Å². The first kappa shape index (κ1) is 9.35. The van der Waals surface area contributed by atoms with Gasteiger partial charge in [-0.2, -0.15) is 13.1 Å². The van der Waals surface area contributed by atoms with Crippen LogP contribution in [0.5, 0.6) is 0 Å². The highest BCUT2D eigenvalue weighted by molar-refractivity contribution is 7.57. The lowest BCUT2D eigenvalue weighted by Crippen LogP contribution is -2.22. The molecule has 78 valence electrons. The number of aromatic nitrogens is 2. The molecule has 0 N–H and O–H groups in total. The van der Waals surface area contributed by atoms with E-state index in [0.717, 1.165) is 29.1 Å². The molecule has 0 bridgehead atoms. The topological polar surface area (TPSA) is 50.5 Å². The van der Waals surface area contributed by atoms with Gasteiger partial charge >= 0.3 is 0 Å². The van der Waals surface area contributed by atoms with Crippen LogP contribution in [0.1, 0.15) is 37.6 Å². The molecular weight excluding hydrogens is 228 g/mol. The van der Waals surface area contributed by atoms with E-state index in [2.05, 4.69) is 31.3 Å². The second-order valence-corrected chi connectivity index (χ2v) is 4.83. The Hall–Kier alpha value is -0.880. The molecule has 2 atom stereocenters. The third kappa shape index (κ3) is 1.18. The molecule has 0 radical (unpaired) electrons. The van der Waals surface area contributed by atoms with Gasteiger partial charge in [-0.3, -0.25) is 0 Å². The molecule has 1 aliphatic heterocycles. The van der Waals surface area contributed by atoms with Crippen molar-refractivity contribution in [1.29, 1.82) is 0 Å². The molecule has 4 nitrogen and oxygen atoms in total. The maximum absolute atomic E-state index is 4.47. The van der Waals surface area contributed by atoms with Crippen molar-refractivity contribution in [3.8, 4) is 0 Å². The van der Waals surface area contributed by atoms with Gasteiger partial charge in [-0.1, -0.05) is 6.92 Å². The van der Waals surface area contributed by atoms with E-state index in [1.54, 1.807) is 0 Å². The Morgan fingerprint density at radius 1 is 1.33 bits per heavy atom. The zero-order valence-corrected chi connectivity index (χ0v) is 10.1. The summed E-state index contributed by atoms with van der Waals surface area (Å²) in [5.41, 5.74) is 4.42. The van der Waals surface area contributed by atoms with Gasteiger partial charge < -0.3 is 0 Å². The van der Waals surface area contributed by atoms with Gasteiger partial charge in [0.2, 0.25) is 0 Å². The highest BCUT2D eigenvalue weighted by atomic mass is 32.1. The van der Waals surface area contributed by atoms with Crippen LogP contribution < -0.4 is 0 Å². The van der Waals surface area contributed by atoms with E-state index in [4.69, 9.17) is 0 Å². The molecule has 0 spiro atoms. The molecule has 2 aliphatic rings. The number of hydrogen-bond donors (Lipinski definition) is 0. The Morgan fingerprint density at radius 3 is 3.00 bits per heavy atom. The van der Waals surface area contributed by atoms with Crippen molar-refractivity contribution in [3.63, 3.8) is 0 Å². The number of fused-ring (bicyclic) bond motifs is 2. The molecule has 2 unspecified atom stereocenters. The van der Waals surface area contributed by atoms with Crippen molar-refractivity contribution < 1.29 is 0 Å². The fraction of sp³-hybridized carbons (Fsp3) is 0.556. The third-order valence-electron chi connectivity index (χ3n) is 3.01. The van der Waals surface area contributed by atoms with Crippen LogP contribution in [-0.2, 0) is 11.4 Å². The van der Waals surface area contributed by atoms with Gasteiger partial charge in [-0.15, -0.1) is 0 Å². The van der Waals surface area contributed by atoms with Crippen LogP contribution in [0.3, 0.4) is 0 Å². The van der Waals surface area contributed by atoms with Crippen molar-refractivity contribution in [3.05, 3.63) is 17.1 Å². The zero-order valence-electron chi connectivity index (χ0n) is 8.47. The summed E-state index contributed by atoms with van der Waals surface area (Å²) in [6.07, 6.45) is 1.04. The van der Waals surface area contributed by atoms with Crippen molar-refractivity contribution >= 4 is 28.7 Å². The highest BCUT2D eigenvalue weighted by Gasteiger charge is 2.37. The van der Waals surface area contributed by atoms with Gasteiger partial charge in [-0.25, -0.2) is 4.36 Å². The SMILES string of the molecule is CCC1c2nsnc2C(C)=C2N=S=NC21. The fourth-order valence-corrected chi connectivity index (χ4v) is 3.55. The molecule has 1 aliphatic carbocycles. The molecule has 0 aromatic carbocycles. The van der Waals surface area contributed by atoms with Crippen LogP contribution in [0.2, 0.25) is 0 Å². The summed E-state index contributed by atoms with van der Waals surface area (Å²) in [5, 5.41) is 0. The lowest BCUT2D eigenvalue weighted by atomic mass is 9.83. The normalized spacial score (nSPS) is 27.6. The first-order chi connectivity index (χ1) is 7.33. The predicted molar refractivity (Wildman–Crippen MR) is 61.5 cm³/mol. The van der Waals surface area contributed by atoms with Crippen LogP contribution in [-0.4, -0.2) is 14.8 Å². The Bertz CT molecular complexity index is 510. The molecule has 0 saturated carbocycles. The van der Waals surface area contributed by atoms with Crippen molar-refractivity contribution in [2.24, 2.45) is 8.73 Å². The fourth-order valence-electron chi connectivity index (χ4n) is 2.16. The maximum atomic E-state index is 4.47. The lowest BCUT2D eigenvalue weighted by Gasteiger charge is -2.24. The Morgan fingerprint density at radius 2 is 2.20 bits per heavy atom. The highest BCUT2D eigenvalue weighted by Crippen LogP contribution is 2.42. The van der Waals surface area contributed by atoms with Gasteiger partial charge in [0.1, 0.15) is 11.7 Å². The van der Waals surface area contributed by atoms with E-state index in [-0.39, 0.29) is 6.04 Å². The molecule has 3 rings (SSSR count). The van der Waals surface area contributed by atoms with Crippen LogP contribution >= 0.6 is 11.7 Å². The van der Waals surface area contributed by atoms with E-state index in [9.17, 15) is 0 Å². The molecule has 0 amide bonds. The molecule has 0 saturated heterocycles. The molecule has 0 fully saturated rings. The van der Waals surface area contributed by atoms with E-state index in [1.807, 2.05) is 0 Å². The van der Waals surface area contributed by atoms with Gasteiger partial charge in [0.15, 0.2) is 0 Å². The first-order valence-corrected chi connectivity index (χ1v) is 6.40. The monoisotopic (exact) mass is 238 g/mol. The minimum atomic E-state index is 0.205. The average Bonchev–Trinajstić information content (AvgIpc) is 2.85. The standard InChI is InChI=1S/C9H10N4S2/c1-3-5-8-6(10-14-12-8)4(2)7-9(5)13-15-11-7/h5,8H,3H2,1-2H3. The third-order valence-corrected chi connectivity index (χ3v) is 4.15. The second kappa shape index (κ2) is 3.31. The summed E-state index contributed by atoms with van der Waals surface area (Å²) < 4.78 is 17.6. The Balaban J connectivity index is 2.23. The minimum absolute atomic E-state index is 0.205. The van der Waals surface area contributed by atoms with Crippen LogP contribution in [0.15, 0.2) is 14.4 Å². The quantitative estimate of drug-likeness (QED) is 0.755. The first-order valence-electron chi connectivity index (χ1n) is 4.94. The van der Waals surface area contributed by atoms with Crippen molar-refractivity contribution in [1.82, 2.24) is 8.75 Å². The zero-order chi connectivity index (χ0) is 10.4. The maximum Gasteiger partial charge on any atom is 0.115 e. The van der Waals surface area contributed by atoms with E-state index < -0.39 is 0 Å². The summed E-state index contributed by atoms with van der Waals surface area (Å²) in [6.45, 7) is 4.24. The average molecular weight is 238 g/mol. The van der Waals surface area contributed by atoms with E-state index in [0.29, 0.717) is 5.92 Å². The largest absolute Gasteiger partial charge is 0.203 e. The predicted octanol–water partition coefficient (Wildman–Crippen LogP) is 2.61. The Kier molecular flexibility index (Phi) is 2.07. The van der Waals surface area contributed by atoms with Crippen molar-refractivity contribution in [2.45, 2.75) is 32.2 Å². The van der Waals surface area contributed by atoms with Crippen LogP contribution in [0.4, 0.5) is 0 Å². The van der Waals surface area contributed by atoms with Gasteiger partial charge in [-0.05, 0) is 13.3 Å². The van der Waals surface area contributed by atoms with Gasteiger partial charge in [0, 0.05) is 11.5 Å². The van der Waals surface area contributed by atoms with Crippen molar-refractivity contribution in [2.75, 3.05) is 0 Å². The van der Waals surface area contributed by atoms with E-state index >= 15 is 0 Å². The molecule has 1 aromatic rings. The molecule has 15 heavy (non-hydrogen) atoms. The summed E-state index contributed by atoms with van der Waals surface area (Å²) in [7, 11) is 0. The Labute approximate surface area is 95.6 Å². The molecule has 6 heteroatoms. The van der Waals surface area contributed by atoms with Gasteiger partial charge in [0.05, 0.1) is 34.5 Å². The number of nitrogens with zero attached hydrogens (tertiary/aromatic N) is 4. The second-order valence-electron chi connectivity index (χ2n) is 3.75. The summed E-state index contributed by atoms with van der Waals surface area (Å²) in [5.74, 6) is 0.371. The molecule has 2 heterocycles. The van der Waals surface area contributed by atoms with Gasteiger partial charge in [0.25, 0.3) is 0 Å². The lowest BCUT2D eigenvalue weighted by molar-refractivity contribution is 0.561. The number of hydrogen-bond acceptors (Lipinski definition) is 5. The van der Waals surface area contributed by atoms with Crippen LogP contribution in [0.25, 0.3) is 5.57 Å². The summed E-state index contributed by atoms with van der Waals surface area (Å²) >= 11 is 2.61. The summed E-state index contributed by atoms with van der Waals surface area (Å²) in [4.78, 5) is 0. The number of rotatable bonds is 1. The number of allylic oxidation sites excluding steroid dienone is 1. The molecular formula is C9H10N4S2. The summed E-state index contributed by atoms with van der Waals surface area (Å²) in [6, 6.07) is 0.205. The smallest absolute Gasteiger partial charge is 0.115 e. The van der Waals surface area contributed by atoms with E-state index in [1.165, 1.54) is 23.1 Å². The minimum Gasteiger partial charge on any atom is -0.203 e.